The van der Waals surface area contributed by atoms with E-state index in [0.29, 0.717) is 26.1 Å². The minimum absolute atomic E-state index is 0.0971. The molecule has 0 saturated carbocycles. The number of benzene rings is 1. The van der Waals surface area contributed by atoms with E-state index in [4.69, 9.17) is 0 Å². The van der Waals surface area contributed by atoms with Gasteiger partial charge in [0.25, 0.3) is 0 Å². The molecule has 1 saturated heterocycles. The number of nitrogens with zero attached hydrogens (tertiary/aromatic N) is 2. The highest BCUT2D eigenvalue weighted by Gasteiger charge is 2.31. The molecule has 1 atom stereocenters. The number of hydrogen-bond donors (Lipinski definition) is 1. The quantitative estimate of drug-likeness (QED) is 0.863. The van der Waals surface area contributed by atoms with Crippen molar-refractivity contribution in [2.24, 2.45) is 0 Å². The Labute approximate surface area is 142 Å². The summed E-state index contributed by atoms with van der Waals surface area (Å²) >= 11 is 0. The van der Waals surface area contributed by atoms with E-state index in [1.54, 1.807) is 4.90 Å². The molecule has 1 aliphatic heterocycles. The summed E-state index contributed by atoms with van der Waals surface area (Å²) in [5.41, 5.74) is 1.00. The van der Waals surface area contributed by atoms with Crippen LogP contribution in [0.5, 0.6) is 0 Å². The lowest BCUT2D eigenvalue weighted by Gasteiger charge is -2.33. The predicted molar refractivity (Wildman–Crippen MR) is 89.1 cm³/mol. The van der Waals surface area contributed by atoms with Gasteiger partial charge in [-0.25, -0.2) is 4.79 Å². The zero-order chi connectivity index (χ0) is 17.5. The molecule has 24 heavy (non-hydrogen) atoms. The van der Waals surface area contributed by atoms with E-state index in [1.165, 1.54) is 11.8 Å². The molecule has 1 fully saturated rings. The van der Waals surface area contributed by atoms with Crippen molar-refractivity contribution in [3.8, 4) is 0 Å². The van der Waals surface area contributed by atoms with Crippen molar-refractivity contribution in [1.29, 1.82) is 0 Å². The number of hydrogen-bond acceptors (Lipinski definition) is 3. The number of carboxylic acid groups (broad SMARTS) is 1. The highest BCUT2D eigenvalue weighted by Crippen LogP contribution is 2.18. The van der Waals surface area contributed by atoms with Gasteiger partial charge >= 0.3 is 5.97 Å². The molecule has 1 N–H and O–H groups in total. The maximum Gasteiger partial charge on any atom is 0.326 e. The summed E-state index contributed by atoms with van der Waals surface area (Å²) in [5, 5.41) is 9.26. The Morgan fingerprint density at radius 2 is 1.92 bits per heavy atom. The lowest BCUT2D eigenvalue weighted by Crippen LogP contribution is -2.48. The molecule has 0 spiro atoms. The van der Waals surface area contributed by atoms with E-state index in [-0.39, 0.29) is 18.2 Å². The Morgan fingerprint density at radius 3 is 2.54 bits per heavy atom. The SMILES string of the molecule is CC(=O)N(CCC(=O)N1CCCCC1C(=O)O)Cc1ccccc1. The monoisotopic (exact) mass is 332 g/mol. The first-order valence-electron chi connectivity index (χ1n) is 8.30. The van der Waals surface area contributed by atoms with Gasteiger partial charge < -0.3 is 14.9 Å². The van der Waals surface area contributed by atoms with Crippen LogP contribution in [0.1, 0.15) is 38.2 Å². The van der Waals surface area contributed by atoms with E-state index in [2.05, 4.69) is 0 Å². The van der Waals surface area contributed by atoms with Crippen LogP contribution >= 0.6 is 0 Å². The first-order valence-corrected chi connectivity index (χ1v) is 8.30. The third-order valence-corrected chi connectivity index (χ3v) is 4.37. The second-order valence-corrected chi connectivity index (χ2v) is 6.11. The van der Waals surface area contributed by atoms with Crippen LogP contribution in [0.2, 0.25) is 0 Å². The first kappa shape index (κ1) is 18.0. The van der Waals surface area contributed by atoms with Crippen LogP contribution in [0, 0.1) is 0 Å². The maximum atomic E-state index is 12.4. The summed E-state index contributed by atoms with van der Waals surface area (Å²) in [5.74, 6) is -1.24. The van der Waals surface area contributed by atoms with Crippen molar-refractivity contribution in [3.63, 3.8) is 0 Å². The zero-order valence-electron chi connectivity index (χ0n) is 14.0. The normalized spacial score (nSPS) is 17.4. The van der Waals surface area contributed by atoms with Crippen molar-refractivity contribution >= 4 is 17.8 Å². The van der Waals surface area contributed by atoms with Crippen molar-refractivity contribution in [1.82, 2.24) is 9.80 Å². The Balaban J connectivity index is 1.94. The number of carbonyl (C=O) groups excluding carboxylic acids is 2. The molecule has 0 radical (unpaired) electrons. The van der Waals surface area contributed by atoms with Gasteiger partial charge in [0, 0.05) is 33.0 Å². The average Bonchev–Trinajstić information content (AvgIpc) is 2.58. The smallest absolute Gasteiger partial charge is 0.326 e. The fraction of sp³-hybridized carbons (Fsp3) is 0.500. The molecule has 0 aromatic heterocycles. The number of amides is 2. The molecule has 6 heteroatoms. The number of likely N-dealkylation sites (tertiary alicyclic amines) is 1. The highest BCUT2D eigenvalue weighted by atomic mass is 16.4. The summed E-state index contributed by atoms with van der Waals surface area (Å²) in [4.78, 5) is 38.6. The number of piperidine rings is 1. The van der Waals surface area contributed by atoms with Crippen molar-refractivity contribution in [2.75, 3.05) is 13.1 Å². The molecule has 2 rings (SSSR count). The van der Waals surface area contributed by atoms with Crippen LogP contribution < -0.4 is 0 Å². The fourth-order valence-electron chi connectivity index (χ4n) is 3.01. The van der Waals surface area contributed by atoms with Gasteiger partial charge in [0.15, 0.2) is 0 Å². The Bertz CT molecular complexity index is 588. The Morgan fingerprint density at radius 1 is 1.21 bits per heavy atom. The van der Waals surface area contributed by atoms with Crippen molar-refractivity contribution in [2.45, 2.75) is 45.2 Å². The second kappa shape index (κ2) is 8.47. The molecule has 1 aromatic carbocycles. The average molecular weight is 332 g/mol. The molecule has 1 aliphatic rings. The lowest BCUT2D eigenvalue weighted by atomic mass is 10.0. The third kappa shape index (κ3) is 4.81. The summed E-state index contributed by atoms with van der Waals surface area (Å²) in [6.45, 7) is 2.71. The van der Waals surface area contributed by atoms with Crippen molar-refractivity contribution in [3.05, 3.63) is 35.9 Å². The second-order valence-electron chi connectivity index (χ2n) is 6.11. The van der Waals surface area contributed by atoms with Gasteiger partial charge in [0.1, 0.15) is 6.04 Å². The van der Waals surface area contributed by atoms with E-state index >= 15 is 0 Å². The van der Waals surface area contributed by atoms with Crippen LogP contribution in [-0.4, -0.2) is 51.8 Å². The van der Waals surface area contributed by atoms with Gasteiger partial charge in [-0.2, -0.15) is 0 Å². The Hall–Kier alpha value is -2.37. The molecule has 1 heterocycles. The van der Waals surface area contributed by atoms with Crippen LogP contribution in [0.4, 0.5) is 0 Å². The molecule has 6 nitrogen and oxygen atoms in total. The predicted octanol–water partition coefficient (Wildman–Crippen LogP) is 1.89. The number of aliphatic carboxylic acids is 1. The van der Waals surface area contributed by atoms with Gasteiger partial charge in [0.05, 0.1) is 0 Å². The third-order valence-electron chi connectivity index (χ3n) is 4.37. The highest BCUT2D eigenvalue weighted by molar-refractivity contribution is 5.84. The zero-order valence-corrected chi connectivity index (χ0v) is 14.0. The Kier molecular flexibility index (Phi) is 6.35. The van der Waals surface area contributed by atoms with Crippen LogP contribution in [0.25, 0.3) is 0 Å². The standard InChI is InChI=1S/C18H24N2O4/c1-14(21)19(13-15-7-3-2-4-8-15)12-10-17(22)20-11-6-5-9-16(20)18(23)24/h2-4,7-8,16H,5-6,9-13H2,1H3,(H,23,24). The molecule has 1 unspecified atom stereocenters. The van der Waals surface area contributed by atoms with Gasteiger partial charge in [-0.05, 0) is 24.8 Å². The van der Waals surface area contributed by atoms with Crippen molar-refractivity contribution < 1.29 is 19.5 Å². The van der Waals surface area contributed by atoms with Crippen LogP contribution in [-0.2, 0) is 20.9 Å². The van der Waals surface area contributed by atoms with Crippen LogP contribution in [0.3, 0.4) is 0 Å². The largest absolute Gasteiger partial charge is 0.480 e. The summed E-state index contributed by atoms with van der Waals surface area (Å²) < 4.78 is 0. The number of carbonyl (C=O) groups is 3. The summed E-state index contributed by atoms with van der Waals surface area (Å²) in [6, 6.07) is 8.86. The van der Waals surface area contributed by atoms with E-state index in [0.717, 1.165) is 18.4 Å². The van der Waals surface area contributed by atoms with Gasteiger partial charge in [0.2, 0.25) is 11.8 Å². The maximum absolute atomic E-state index is 12.4. The fourth-order valence-corrected chi connectivity index (χ4v) is 3.01. The van der Waals surface area contributed by atoms with E-state index < -0.39 is 12.0 Å². The number of rotatable bonds is 6. The molecule has 1 aromatic rings. The van der Waals surface area contributed by atoms with E-state index in [9.17, 15) is 19.5 Å². The minimum Gasteiger partial charge on any atom is -0.480 e. The molecule has 0 bridgehead atoms. The molecule has 130 valence electrons. The van der Waals surface area contributed by atoms with Gasteiger partial charge in [-0.3, -0.25) is 9.59 Å². The van der Waals surface area contributed by atoms with Gasteiger partial charge in [-0.1, -0.05) is 30.3 Å². The first-order chi connectivity index (χ1) is 11.5. The summed E-state index contributed by atoms with van der Waals surface area (Å²) in [7, 11) is 0. The van der Waals surface area contributed by atoms with E-state index in [1.807, 2.05) is 30.3 Å². The van der Waals surface area contributed by atoms with Crippen LogP contribution in [0.15, 0.2) is 30.3 Å². The summed E-state index contributed by atoms with van der Waals surface area (Å²) in [6.07, 6.45) is 2.31. The molecular formula is C18H24N2O4. The molecule has 0 aliphatic carbocycles. The molecule has 2 amide bonds. The molecular weight excluding hydrogens is 308 g/mol. The lowest BCUT2D eigenvalue weighted by molar-refractivity contribution is -0.152. The minimum atomic E-state index is -0.948. The topological polar surface area (TPSA) is 77.9 Å². The number of carboxylic acids is 1. The van der Waals surface area contributed by atoms with Gasteiger partial charge in [-0.15, -0.1) is 0 Å².